The Balaban J connectivity index is 3.02. The molecule has 0 aliphatic rings. The summed E-state index contributed by atoms with van der Waals surface area (Å²) in [6.07, 6.45) is 0. The Morgan fingerprint density at radius 1 is 1.50 bits per heavy atom. The number of nitro groups is 1. The van der Waals surface area contributed by atoms with Crippen molar-refractivity contribution < 1.29 is 10.0 Å². The number of likely N-dealkylation sites (N-methyl/N-ethyl adjacent to an activating group) is 1. The van der Waals surface area contributed by atoms with Crippen LogP contribution in [-0.4, -0.2) is 41.7 Å². The maximum Gasteiger partial charge on any atom is 0.292 e. The predicted octanol–water partition coefficient (Wildman–Crippen LogP) is 1.45. The van der Waals surface area contributed by atoms with Crippen LogP contribution >= 0.6 is 0 Å². The molecule has 0 amide bonds. The highest BCUT2D eigenvalue weighted by molar-refractivity contribution is 5.66. The highest BCUT2D eigenvalue weighted by atomic mass is 16.6. The molecule has 100 valence electrons. The van der Waals surface area contributed by atoms with Gasteiger partial charge in [0.1, 0.15) is 5.69 Å². The van der Waals surface area contributed by atoms with Crippen LogP contribution in [-0.2, 0) is 6.54 Å². The minimum atomic E-state index is -0.381. The van der Waals surface area contributed by atoms with Crippen molar-refractivity contribution in [2.75, 3.05) is 32.1 Å². The molecule has 0 unspecified atom stereocenters. The molecule has 0 saturated carbocycles. The lowest BCUT2D eigenvalue weighted by atomic mass is 10.1. The van der Waals surface area contributed by atoms with Gasteiger partial charge < -0.3 is 10.4 Å². The van der Waals surface area contributed by atoms with Gasteiger partial charge in [0.15, 0.2) is 0 Å². The number of nitrogens with zero attached hydrogens (tertiary/aromatic N) is 2. The molecule has 18 heavy (non-hydrogen) atoms. The zero-order valence-electron chi connectivity index (χ0n) is 10.7. The molecule has 6 heteroatoms. The minimum absolute atomic E-state index is 0.0714. The van der Waals surface area contributed by atoms with Crippen molar-refractivity contribution in [3.05, 3.63) is 33.9 Å². The van der Waals surface area contributed by atoms with Crippen LogP contribution in [0.25, 0.3) is 0 Å². The number of hydrogen-bond donors (Lipinski definition) is 2. The summed E-state index contributed by atoms with van der Waals surface area (Å²) in [5.74, 6) is 0. The van der Waals surface area contributed by atoms with Gasteiger partial charge in [-0.2, -0.15) is 0 Å². The van der Waals surface area contributed by atoms with Gasteiger partial charge in [0.25, 0.3) is 5.69 Å². The molecular weight excluding hydrogens is 234 g/mol. The van der Waals surface area contributed by atoms with E-state index in [0.29, 0.717) is 25.3 Å². The van der Waals surface area contributed by atoms with Gasteiger partial charge in [-0.15, -0.1) is 0 Å². The van der Waals surface area contributed by atoms with Crippen molar-refractivity contribution in [2.45, 2.75) is 13.5 Å². The van der Waals surface area contributed by atoms with Crippen LogP contribution in [0.2, 0.25) is 0 Å². The van der Waals surface area contributed by atoms with Gasteiger partial charge in [0, 0.05) is 25.7 Å². The van der Waals surface area contributed by atoms with Crippen molar-refractivity contribution in [2.24, 2.45) is 0 Å². The maximum atomic E-state index is 11.0. The number of nitrogens with one attached hydrogen (secondary N) is 1. The molecule has 0 fully saturated rings. The number of benzene rings is 1. The summed E-state index contributed by atoms with van der Waals surface area (Å²) in [7, 11) is 1.87. The highest BCUT2D eigenvalue weighted by Gasteiger charge is 2.17. The molecule has 0 aliphatic heterocycles. The Kier molecular flexibility index (Phi) is 5.54. The van der Waals surface area contributed by atoms with E-state index in [-0.39, 0.29) is 17.2 Å². The molecule has 0 heterocycles. The summed E-state index contributed by atoms with van der Waals surface area (Å²) < 4.78 is 0. The third-order valence-corrected chi connectivity index (χ3v) is 2.60. The molecule has 1 aromatic rings. The molecule has 0 spiro atoms. The summed E-state index contributed by atoms with van der Waals surface area (Å²) >= 11 is 0. The number of para-hydroxylation sites is 1. The van der Waals surface area contributed by atoms with Gasteiger partial charge in [-0.05, 0) is 19.5 Å². The standard InChI is InChI=1S/C12H19N3O3/c1-3-13-12-10(9-14(2)7-8-16)5-4-6-11(12)15(17)18/h4-6,13,16H,3,7-9H2,1-2H3. The fourth-order valence-corrected chi connectivity index (χ4v) is 1.79. The van der Waals surface area contributed by atoms with Gasteiger partial charge in [-0.3, -0.25) is 15.0 Å². The van der Waals surface area contributed by atoms with E-state index >= 15 is 0 Å². The molecular formula is C12H19N3O3. The SMILES string of the molecule is CCNc1c(CN(C)CCO)cccc1[N+](=O)[O-]. The van der Waals surface area contributed by atoms with Gasteiger partial charge in [-0.1, -0.05) is 12.1 Å². The Bertz CT molecular complexity index is 410. The van der Waals surface area contributed by atoms with Gasteiger partial charge in [0.2, 0.25) is 0 Å². The number of hydrogen-bond acceptors (Lipinski definition) is 5. The monoisotopic (exact) mass is 253 g/mol. The van der Waals surface area contributed by atoms with E-state index in [1.54, 1.807) is 6.07 Å². The third-order valence-electron chi connectivity index (χ3n) is 2.60. The van der Waals surface area contributed by atoms with E-state index in [0.717, 1.165) is 5.56 Å². The van der Waals surface area contributed by atoms with E-state index in [4.69, 9.17) is 5.11 Å². The summed E-state index contributed by atoms with van der Waals surface area (Å²) in [5, 5.41) is 22.9. The summed E-state index contributed by atoms with van der Waals surface area (Å²) in [6.45, 7) is 3.69. The van der Waals surface area contributed by atoms with E-state index in [1.807, 2.05) is 24.9 Å². The van der Waals surface area contributed by atoms with Crippen molar-refractivity contribution in [1.82, 2.24) is 4.90 Å². The van der Waals surface area contributed by atoms with Crippen LogP contribution in [0.15, 0.2) is 18.2 Å². The molecule has 0 aromatic heterocycles. The first kappa shape index (κ1) is 14.4. The lowest BCUT2D eigenvalue weighted by Gasteiger charge is -2.18. The number of nitro benzene ring substituents is 1. The predicted molar refractivity (Wildman–Crippen MR) is 70.7 cm³/mol. The van der Waals surface area contributed by atoms with Crippen LogP contribution in [0.1, 0.15) is 12.5 Å². The van der Waals surface area contributed by atoms with Crippen molar-refractivity contribution >= 4 is 11.4 Å². The van der Waals surface area contributed by atoms with E-state index < -0.39 is 0 Å². The smallest absolute Gasteiger partial charge is 0.292 e. The van der Waals surface area contributed by atoms with Gasteiger partial charge in [-0.25, -0.2) is 0 Å². The maximum absolute atomic E-state index is 11.0. The van der Waals surface area contributed by atoms with Crippen molar-refractivity contribution in [3.8, 4) is 0 Å². The Hall–Kier alpha value is -1.66. The molecule has 0 bridgehead atoms. The third kappa shape index (κ3) is 3.68. The Labute approximate surface area is 106 Å². The molecule has 1 rings (SSSR count). The second kappa shape index (κ2) is 6.93. The summed E-state index contributed by atoms with van der Waals surface area (Å²) in [5.41, 5.74) is 1.52. The molecule has 6 nitrogen and oxygen atoms in total. The lowest BCUT2D eigenvalue weighted by Crippen LogP contribution is -2.22. The Morgan fingerprint density at radius 2 is 2.22 bits per heavy atom. The average molecular weight is 253 g/mol. The second-order valence-corrected chi connectivity index (χ2v) is 4.06. The highest BCUT2D eigenvalue weighted by Crippen LogP contribution is 2.28. The largest absolute Gasteiger partial charge is 0.395 e. The fraction of sp³-hybridized carbons (Fsp3) is 0.500. The van der Waals surface area contributed by atoms with Gasteiger partial charge >= 0.3 is 0 Å². The van der Waals surface area contributed by atoms with Crippen LogP contribution < -0.4 is 5.32 Å². The van der Waals surface area contributed by atoms with Gasteiger partial charge in [0.05, 0.1) is 11.5 Å². The number of anilines is 1. The zero-order valence-corrected chi connectivity index (χ0v) is 10.7. The topological polar surface area (TPSA) is 78.6 Å². The van der Waals surface area contributed by atoms with E-state index in [2.05, 4.69) is 5.32 Å². The zero-order chi connectivity index (χ0) is 13.5. The first-order valence-corrected chi connectivity index (χ1v) is 5.89. The van der Waals surface area contributed by atoms with E-state index in [1.165, 1.54) is 6.07 Å². The molecule has 0 radical (unpaired) electrons. The fourth-order valence-electron chi connectivity index (χ4n) is 1.79. The summed E-state index contributed by atoms with van der Waals surface area (Å²) in [6, 6.07) is 5.04. The lowest BCUT2D eigenvalue weighted by molar-refractivity contribution is -0.384. The molecule has 0 saturated heterocycles. The second-order valence-electron chi connectivity index (χ2n) is 4.06. The van der Waals surface area contributed by atoms with Crippen molar-refractivity contribution in [1.29, 1.82) is 0 Å². The number of aliphatic hydroxyl groups is 1. The normalized spacial score (nSPS) is 10.7. The first-order chi connectivity index (χ1) is 8.60. The molecule has 0 aliphatic carbocycles. The molecule has 0 atom stereocenters. The number of rotatable bonds is 7. The summed E-state index contributed by atoms with van der Waals surface area (Å²) in [4.78, 5) is 12.5. The van der Waals surface area contributed by atoms with Crippen LogP contribution in [0.3, 0.4) is 0 Å². The van der Waals surface area contributed by atoms with Crippen molar-refractivity contribution in [3.63, 3.8) is 0 Å². The minimum Gasteiger partial charge on any atom is -0.395 e. The molecule has 1 aromatic carbocycles. The quantitative estimate of drug-likeness (QED) is 0.568. The average Bonchev–Trinajstić information content (AvgIpc) is 2.31. The first-order valence-electron chi connectivity index (χ1n) is 5.89. The van der Waals surface area contributed by atoms with E-state index in [9.17, 15) is 10.1 Å². The van der Waals surface area contributed by atoms with Crippen LogP contribution in [0.4, 0.5) is 11.4 Å². The molecule has 2 N–H and O–H groups in total. The Morgan fingerprint density at radius 3 is 2.78 bits per heavy atom. The van der Waals surface area contributed by atoms with Crippen LogP contribution in [0.5, 0.6) is 0 Å². The van der Waals surface area contributed by atoms with Crippen LogP contribution in [0, 0.1) is 10.1 Å². The number of aliphatic hydroxyl groups excluding tert-OH is 1.